The first kappa shape index (κ1) is 24.2. The lowest BCUT2D eigenvalue weighted by molar-refractivity contribution is -0.140. The van der Waals surface area contributed by atoms with Crippen LogP contribution in [0.3, 0.4) is 0 Å². The van der Waals surface area contributed by atoms with E-state index >= 15 is 0 Å². The Morgan fingerprint density at radius 2 is 1.25 bits per heavy atom. The zero-order valence-electron chi connectivity index (χ0n) is 16.4. The molecule has 0 spiro atoms. The molecule has 1 unspecified atom stereocenters. The number of hydrogen-bond donors (Lipinski definition) is 3. The Morgan fingerprint density at radius 1 is 0.857 bits per heavy atom. The summed E-state index contributed by atoms with van der Waals surface area (Å²) in [6.45, 7) is 6.40. The van der Waals surface area contributed by atoms with Gasteiger partial charge in [-0.3, -0.25) is 34.0 Å². The predicted octanol–water partition coefficient (Wildman–Crippen LogP) is -2.11. The number of aliphatic hydroxyl groups is 1. The standard InChI is InChI=1S/C17H32N4O7/c1-15(23)10-18-2-3-19(11-16(24)25)4-5-20(12-17(26)27)7-9-21(8-6-18)13-28-14-22/h14-15,23H,2-13H2,1H3,(H,24,25)(H,26,27). The average Bonchev–Trinajstić information content (AvgIpc) is 2.59. The molecule has 0 saturated carbocycles. The summed E-state index contributed by atoms with van der Waals surface area (Å²) < 4.78 is 4.86. The van der Waals surface area contributed by atoms with Gasteiger partial charge in [0.1, 0.15) is 6.73 Å². The molecule has 3 N–H and O–H groups in total. The molecule has 0 aliphatic carbocycles. The van der Waals surface area contributed by atoms with Crippen LogP contribution in [0, 0.1) is 0 Å². The van der Waals surface area contributed by atoms with Crippen molar-refractivity contribution in [1.29, 1.82) is 0 Å². The van der Waals surface area contributed by atoms with E-state index in [9.17, 15) is 19.5 Å². The highest BCUT2D eigenvalue weighted by atomic mass is 16.5. The molecule has 1 saturated heterocycles. The summed E-state index contributed by atoms with van der Waals surface area (Å²) in [6.07, 6.45) is -0.522. The number of aliphatic hydroxyl groups excluding tert-OH is 1. The first-order valence-corrected chi connectivity index (χ1v) is 9.36. The van der Waals surface area contributed by atoms with Crippen LogP contribution in [0.5, 0.6) is 0 Å². The van der Waals surface area contributed by atoms with E-state index in [2.05, 4.69) is 0 Å². The van der Waals surface area contributed by atoms with Gasteiger partial charge in [0.05, 0.1) is 19.2 Å². The van der Waals surface area contributed by atoms with E-state index in [0.717, 1.165) is 0 Å². The van der Waals surface area contributed by atoms with E-state index in [0.29, 0.717) is 65.4 Å². The van der Waals surface area contributed by atoms with Crippen LogP contribution in [0.15, 0.2) is 0 Å². The van der Waals surface area contributed by atoms with Crippen molar-refractivity contribution >= 4 is 18.4 Å². The number of carbonyl (C=O) groups is 3. The Hall–Kier alpha value is -1.79. The highest BCUT2D eigenvalue weighted by Gasteiger charge is 2.19. The number of carboxylic acid groups (broad SMARTS) is 2. The van der Waals surface area contributed by atoms with Crippen molar-refractivity contribution in [2.75, 3.05) is 78.7 Å². The first-order chi connectivity index (χ1) is 13.3. The van der Waals surface area contributed by atoms with Crippen LogP contribution < -0.4 is 0 Å². The second kappa shape index (κ2) is 13.4. The molecule has 11 nitrogen and oxygen atoms in total. The molecule has 1 aliphatic rings. The number of carbonyl (C=O) groups excluding carboxylic acids is 1. The fourth-order valence-corrected chi connectivity index (χ4v) is 3.10. The Morgan fingerprint density at radius 3 is 1.61 bits per heavy atom. The monoisotopic (exact) mass is 404 g/mol. The van der Waals surface area contributed by atoms with Crippen LogP contribution in [-0.2, 0) is 19.1 Å². The molecule has 162 valence electrons. The maximum absolute atomic E-state index is 11.2. The van der Waals surface area contributed by atoms with E-state index in [1.165, 1.54) is 0 Å². The molecule has 0 bridgehead atoms. The van der Waals surface area contributed by atoms with Crippen molar-refractivity contribution < 1.29 is 34.4 Å². The molecular formula is C17H32N4O7. The highest BCUT2D eigenvalue weighted by Crippen LogP contribution is 2.02. The molecule has 0 radical (unpaired) electrons. The van der Waals surface area contributed by atoms with Gasteiger partial charge in [0, 0.05) is 58.9 Å². The molecule has 0 amide bonds. The third-order valence-electron chi connectivity index (χ3n) is 4.50. The number of rotatable bonds is 9. The third-order valence-corrected chi connectivity index (χ3v) is 4.50. The van der Waals surface area contributed by atoms with Gasteiger partial charge in [-0.15, -0.1) is 0 Å². The van der Waals surface area contributed by atoms with Gasteiger partial charge >= 0.3 is 11.9 Å². The fraction of sp³-hybridized carbons (Fsp3) is 0.824. The summed E-state index contributed by atoms with van der Waals surface area (Å²) in [7, 11) is 0. The molecule has 0 aromatic heterocycles. The van der Waals surface area contributed by atoms with Crippen molar-refractivity contribution in [2.45, 2.75) is 13.0 Å². The van der Waals surface area contributed by atoms with Gasteiger partial charge in [0.15, 0.2) is 0 Å². The minimum atomic E-state index is -0.948. The maximum atomic E-state index is 11.2. The molecule has 1 atom stereocenters. The van der Waals surface area contributed by atoms with Gasteiger partial charge in [0.2, 0.25) is 0 Å². The molecule has 1 heterocycles. The molecule has 0 aromatic carbocycles. The molecule has 0 aromatic rings. The zero-order valence-corrected chi connectivity index (χ0v) is 16.4. The quantitative estimate of drug-likeness (QED) is 0.364. The lowest BCUT2D eigenvalue weighted by atomic mass is 10.3. The van der Waals surface area contributed by atoms with Crippen LogP contribution >= 0.6 is 0 Å². The molecule has 1 aliphatic heterocycles. The van der Waals surface area contributed by atoms with E-state index in [1.807, 2.05) is 9.80 Å². The summed E-state index contributed by atoms with van der Waals surface area (Å²) in [5.74, 6) is -1.88. The zero-order chi connectivity index (χ0) is 20.9. The minimum absolute atomic E-state index is 0.109. The van der Waals surface area contributed by atoms with Crippen LogP contribution in [0.1, 0.15) is 6.92 Å². The van der Waals surface area contributed by atoms with Gasteiger partial charge in [-0.05, 0) is 6.92 Å². The summed E-state index contributed by atoms with van der Waals surface area (Å²) in [5, 5.41) is 28.0. The number of nitrogens with zero attached hydrogens (tertiary/aromatic N) is 4. The number of ether oxygens (including phenoxy) is 1. The molecule has 28 heavy (non-hydrogen) atoms. The van der Waals surface area contributed by atoms with E-state index < -0.39 is 18.0 Å². The summed E-state index contributed by atoms with van der Waals surface area (Å²) in [6, 6.07) is 0. The van der Waals surface area contributed by atoms with Gasteiger partial charge < -0.3 is 20.1 Å². The first-order valence-electron chi connectivity index (χ1n) is 9.36. The fourth-order valence-electron chi connectivity index (χ4n) is 3.10. The molecule has 1 rings (SSSR count). The Labute approximate surface area is 165 Å². The SMILES string of the molecule is CC(O)CN1CCN(COC=O)CCN(CC(=O)O)CCN(CC(=O)O)CC1. The minimum Gasteiger partial charge on any atom is -0.480 e. The lowest BCUT2D eigenvalue weighted by Crippen LogP contribution is -2.48. The van der Waals surface area contributed by atoms with Crippen molar-refractivity contribution in [2.24, 2.45) is 0 Å². The van der Waals surface area contributed by atoms with Crippen LogP contribution in [0.25, 0.3) is 0 Å². The van der Waals surface area contributed by atoms with E-state index in [-0.39, 0.29) is 19.8 Å². The van der Waals surface area contributed by atoms with Crippen LogP contribution in [-0.4, -0.2) is 138 Å². The maximum Gasteiger partial charge on any atom is 0.317 e. The second-order valence-electron chi connectivity index (χ2n) is 7.00. The lowest BCUT2D eigenvalue weighted by Gasteiger charge is -2.33. The Balaban J connectivity index is 2.86. The summed E-state index contributed by atoms with van der Waals surface area (Å²) in [4.78, 5) is 40.3. The second-order valence-corrected chi connectivity index (χ2v) is 7.00. The number of carboxylic acids is 2. The topological polar surface area (TPSA) is 134 Å². The Bertz CT molecular complexity index is 492. The van der Waals surface area contributed by atoms with Crippen molar-refractivity contribution in [3.05, 3.63) is 0 Å². The number of hydrogen-bond acceptors (Lipinski definition) is 9. The largest absolute Gasteiger partial charge is 0.480 e. The average molecular weight is 404 g/mol. The predicted molar refractivity (Wildman–Crippen MR) is 99.9 cm³/mol. The molecule has 1 fully saturated rings. The van der Waals surface area contributed by atoms with Gasteiger partial charge in [-0.2, -0.15) is 0 Å². The highest BCUT2D eigenvalue weighted by molar-refractivity contribution is 5.69. The third kappa shape index (κ3) is 11.1. The van der Waals surface area contributed by atoms with Crippen molar-refractivity contribution in [3.8, 4) is 0 Å². The normalized spacial score (nSPS) is 20.6. The summed E-state index contributed by atoms with van der Waals surface area (Å²) in [5.41, 5.74) is 0. The van der Waals surface area contributed by atoms with E-state index in [1.54, 1.807) is 16.7 Å². The smallest absolute Gasteiger partial charge is 0.317 e. The summed E-state index contributed by atoms with van der Waals surface area (Å²) >= 11 is 0. The van der Waals surface area contributed by atoms with Crippen molar-refractivity contribution in [1.82, 2.24) is 19.6 Å². The number of β-amino-alcohol motifs (C(OH)–C–C–N with tert-alkyl or cyclic N) is 1. The molecular weight excluding hydrogens is 372 g/mol. The van der Waals surface area contributed by atoms with Gasteiger partial charge in [0.25, 0.3) is 6.47 Å². The van der Waals surface area contributed by atoms with E-state index in [4.69, 9.17) is 14.9 Å². The van der Waals surface area contributed by atoms with Gasteiger partial charge in [-0.25, -0.2) is 0 Å². The Kier molecular flexibility index (Phi) is 11.6. The number of aliphatic carboxylic acids is 2. The van der Waals surface area contributed by atoms with Crippen LogP contribution in [0.4, 0.5) is 0 Å². The van der Waals surface area contributed by atoms with Gasteiger partial charge in [-0.1, -0.05) is 0 Å². The van der Waals surface area contributed by atoms with Crippen molar-refractivity contribution in [3.63, 3.8) is 0 Å². The molecule has 11 heteroatoms. The van der Waals surface area contributed by atoms with Crippen LogP contribution in [0.2, 0.25) is 0 Å².